The monoisotopic (exact) mass is 226 g/mol. The molecule has 1 aromatic rings. The van der Waals surface area contributed by atoms with Crippen molar-refractivity contribution in [3.63, 3.8) is 0 Å². The van der Waals surface area contributed by atoms with E-state index in [1.807, 2.05) is 0 Å². The lowest BCUT2D eigenvalue weighted by Gasteiger charge is -1.99. The van der Waals surface area contributed by atoms with Gasteiger partial charge in [-0.25, -0.2) is 9.78 Å². The third-order valence-corrected chi connectivity index (χ3v) is 1.80. The number of pyridine rings is 1. The van der Waals surface area contributed by atoms with Crippen LogP contribution >= 0.6 is 11.6 Å². The summed E-state index contributed by atoms with van der Waals surface area (Å²) in [5.41, 5.74) is 6.54. The summed E-state index contributed by atoms with van der Waals surface area (Å²) in [7, 11) is 0. The SMILES string of the molecule is CCOC(=O)C=Cc1nc(Cl)ccc1N. The molecule has 0 saturated carbocycles. The number of halogens is 1. The van der Waals surface area contributed by atoms with Crippen molar-refractivity contribution in [2.75, 3.05) is 12.3 Å². The molecule has 0 spiro atoms. The number of nitrogen functional groups attached to an aromatic ring is 1. The van der Waals surface area contributed by atoms with Crippen LogP contribution in [0.4, 0.5) is 5.69 Å². The van der Waals surface area contributed by atoms with E-state index in [0.717, 1.165) is 0 Å². The Morgan fingerprint density at radius 2 is 2.40 bits per heavy atom. The molecule has 0 atom stereocenters. The summed E-state index contributed by atoms with van der Waals surface area (Å²) >= 11 is 5.68. The third-order valence-electron chi connectivity index (χ3n) is 1.59. The van der Waals surface area contributed by atoms with Gasteiger partial charge in [0.2, 0.25) is 0 Å². The molecule has 1 rings (SSSR count). The highest BCUT2D eigenvalue weighted by Crippen LogP contribution is 2.14. The minimum Gasteiger partial charge on any atom is -0.463 e. The van der Waals surface area contributed by atoms with E-state index < -0.39 is 5.97 Å². The second-order valence-corrected chi connectivity index (χ2v) is 3.08. The number of ether oxygens (including phenoxy) is 1. The van der Waals surface area contributed by atoms with E-state index in [1.165, 1.54) is 12.2 Å². The Balaban J connectivity index is 2.79. The molecule has 0 saturated heterocycles. The molecule has 15 heavy (non-hydrogen) atoms. The number of nitrogens with two attached hydrogens (primary N) is 1. The van der Waals surface area contributed by atoms with Gasteiger partial charge >= 0.3 is 5.97 Å². The molecule has 0 unspecified atom stereocenters. The number of nitrogens with zero attached hydrogens (tertiary/aromatic N) is 1. The molecule has 0 aliphatic rings. The summed E-state index contributed by atoms with van der Waals surface area (Å²) in [6, 6.07) is 3.21. The first-order chi connectivity index (χ1) is 7.13. The fraction of sp³-hybridized carbons (Fsp3) is 0.200. The van der Waals surface area contributed by atoms with Crippen molar-refractivity contribution in [2.24, 2.45) is 0 Å². The number of hydrogen-bond acceptors (Lipinski definition) is 4. The third kappa shape index (κ3) is 3.59. The van der Waals surface area contributed by atoms with Crippen LogP contribution in [0.15, 0.2) is 18.2 Å². The van der Waals surface area contributed by atoms with Crippen molar-refractivity contribution in [3.8, 4) is 0 Å². The van der Waals surface area contributed by atoms with E-state index in [0.29, 0.717) is 23.1 Å². The molecule has 0 radical (unpaired) electrons. The first kappa shape index (κ1) is 11.5. The van der Waals surface area contributed by atoms with Gasteiger partial charge in [0.1, 0.15) is 5.15 Å². The van der Waals surface area contributed by atoms with Crippen molar-refractivity contribution in [1.29, 1.82) is 0 Å². The molecular formula is C10H11ClN2O2. The van der Waals surface area contributed by atoms with Crippen molar-refractivity contribution in [3.05, 3.63) is 29.1 Å². The smallest absolute Gasteiger partial charge is 0.330 e. The normalized spacial score (nSPS) is 10.5. The second-order valence-electron chi connectivity index (χ2n) is 2.69. The summed E-state index contributed by atoms with van der Waals surface area (Å²) < 4.78 is 4.71. The minimum atomic E-state index is -0.432. The molecule has 5 heteroatoms. The summed E-state index contributed by atoms with van der Waals surface area (Å²) in [5, 5.41) is 0.327. The lowest BCUT2D eigenvalue weighted by Crippen LogP contribution is -1.99. The summed E-state index contributed by atoms with van der Waals surface area (Å²) in [4.78, 5) is 15.0. The zero-order valence-corrected chi connectivity index (χ0v) is 8.99. The van der Waals surface area contributed by atoms with Crippen molar-refractivity contribution < 1.29 is 9.53 Å². The molecular weight excluding hydrogens is 216 g/mol. The second kappa shape index (κ2) is 5.36. The molecule has 1 heterocycles. The number of carbonyl (C=O) groups is 1. The van der Waals surface area contributed by atoms with Gasteiger partial charge in [0.25, 0.3) is 0 Å². The Kier molecular flexibility index (Phi) is 4.12. The van der Waals surface area contributed by atoms with Gasteiger partial charge in [-0.1, -0.05) is 11.6 Å². The Bertz CT molecular complexity index is 391. The van der Waals surface area contributed by atoms with Crippen LogP contribution in [0.3, 0.4) is 0 Å². The van der Waals surface area contributed by atoms with E-state index in [-0.39, 0.29) is 0 Å². The van der Waals surface area contributed by atoms with Crippen LogP contribution in [0.2, 0.25) is 5.15 Å². The van der Waals surface area contributed by atoms with Gasteiger partial charge in [-0.3, -0.25) is 0 Å². The van der Waals surface area contributed by atoms with Gasteiger partial charge in [0.15, 0.2) is 0 Å². The predicted octanol–water partition coefficient (Wildman–Crippen LogP) is 1.89. The highest BCUT2D eigenvalue weighted by molar-refractivity contribution is 6.29. The Morgan fingerprint density at radius 3 is 3.07 bits per heavy atom. The molecule has 0 aliphatic heterocycles. The maximum absolute atomic E-state index is 11.0. The van der Waals surface area contributed by atoms with Crippen LogP contribution in [0.1, 0.15) is 12.6 Å². The minimum absolute atomic E-state index is 0.327. The van der Waals surface area contributed by atoms with Crippen molar-refractivity contribution >= 4 is 29.3 Å². The van der Waals surface area contributed by atoms with E-state index in [4.69, 9.17) is 22.1 Å². The van der Waals surface area contributed by atoms with Crippen molar-refractivity contribution in [2.45, 2.75) is 6.92 Å². The van der Waals surface area contributed by atoms with Crippen LogP contribution in [0.25, 0.3) is 6.08 Å². The van der Waals surface area contributed by atoms with Gasteiger partial charge in [-0.05, 0) is 25.1 Å². The topological polar surface area (TPSA) is 65.2 Å². The van der Waals surface area contributed by atoms with Gasteiger partial charge in [0, 0.05) is 6.08 Å². The van der Waals surface area contributed by atoms with Crippen LogP contribution < -0.4 is 5.73 Å². The Hall–Kier alpha value is -1.55. The van der Waals surface area contributed by atoms with Gasteiger partial charge in [0.05, 0.1) is 18.0 Å². The standard InChI is InChI=1S/C10H11ClN2O2/c1-2-15-10(14)6-4-8-7(12)3-5-9(11)13-8/h3-6H,2,12H2,1H3. The van der Waals surface area contributed by atoms with Crippen LogP contribution in [0, 0.1) is 0 Å². The lowest BCUT2D eigenvalue weighted by atomic mass is 10.3. The number of aromatic nitrogens is 1. The highest BCUT2D eigenvalue weighted by atomic mass is 35.5. The molecule has 4 nitrogen and oxygen atoms in total. The number of esters is 1. The maximum Gasteiger partial charge on any atom is 0.330 e. The molecule has 1 aromatic heterocycles. The molecule has 0 aromatic carbocycles. The fourth-order valence-electron chi connectivity index (χ4n) is 0.932. The molecule has 2 N–H and O–H groups in total. The van der Waals surface area contributed by atoms with Gasteiger partial charge in [-0.15, -0.1) is 0 Å². The number of anilines is 1. The average molecular weight is 227 g/mol. The zero-order valence-electron chi connectivity index (χ0n) is 8.24. The van der Waals surface area contributed by atoms with Crippen molar-refractivity contribution in [1.82, 2.24) is 4.98 Å². The number of rotatable bonds is 3. The summed E-state index contributed by atoms with van der Waals surface area (Å²) in [6.07, 6.45) is 2.73. The summed E-state index contributed by atoms with van der Waals surface area (Å²) in [5.74, 6) is -0.432. The van der Waals surface area contributed by atoms with E-state index >= 15 is 0 Å². The largest absolute Gasteiger partial charge is 0.463 e. The van der Waals surface area contributed by atoms with E-state index in [9.17, 15) is 4.79 Å². The van der Waals surface area contributed by atoms with E-state index in [1.54, 1.807) is 19.1 Å². The first-order valence-electron chi connectivity index (χ1n) is 4.40. The maximum atomic E-state index is 11.0. The first-order valence-corrected chi connectivity index (χ1v) is 4.78. The summed E-state index contributed by atoms with van der Waals surface area (Å²) in [6.45, 7) is 2.07. The predicted molar refractivity (Wildman–Crippen MR) is 59.3 cm³/mol. The molecule has 80 valence electrons. The van der Waals surface area contributed by atoms with Gasteiger partial charge in [-0.2, -0.15) is 0 Å². The number of carbonyl (C=O) groups excluding carboxylic acids is 1. The number of hydrogen-bond donors (Lipinski definition) is 1. The zero-order chi connectivity index (χ0) is 11.3. The van der Waals surface area contributed by atoms with Crippen LogP contribution in [-0.4, -0.2) is 17.6 Å². The average Bonchev–Trinajstić information content (AvgIpc) is 2.20. The molecule has 0 bridgehead atoms. The molecule has 0 aliphatic carbocycles. The Morgan fingerprint density at radius 1 is 1.67 bits per heavy atom. The Labute approximate surface area is 92.7 Å². The quantitative estimate of drug-likeness (QED) is 0.486. The van der Waals surface area contributed by atoms with Gasteiger partial charge < -0.3 is 10.5 Å². The lowest BCUT2D eigenvalue weighted by molar-refractivity contribution is -0.137. The molecule has 0 amide bonds. The highest BCUT2D eigenvalue weighted by Gasteiger charge is 1.99. The van der Waals surface area contributed by atoms with Crippen LogP contribution in [-0.2, 0) is 9.53 Å². The molecule has 0 fully saturated rings. The van der Waals surface area contributed by atoms with Crippen LogP contribution in [0.5, 0.6) is 0 Å². The van der Waals surface area contributed by atoms with E-state index in [2.05, 4.69) is 4.98 Å². The fourth-order valence-corrected chi connectivity index (χ4v) is 1.09.